The van der Waals surface area contributed by atoms with Crippen LogP contribution in [0.25, 0.3) is 0 Å². The molecular formula is C13H18N4OS2. The summed E-state index contributed by atoms with van der Waals surface area (Å²) in [6.45, 7) is 3.25. The number of hydrogen-bond acceptors (Lipinski definition) is 7. The highest BCUT2D eigenvalue weighted by molar-refractivity contribution is 7.98. The van der Waals surface area contributed by atoms with Crippen molar-refractivity contribution < 1.29 is 5.11 Å². The third kappa shape index (κ3) is 4.09. The molecule has 0 radical (unpaired) electrons. The van der Waals surface area contributed by atoms with Gasteiger partial charge in [-0.3, -0.25) is 0 Å². The van der Waals surface area contributed by atoms with Crippen molar-refractivity contribution in [2.75, 3.05) is 30.0 Å². The Kier molecular flexibility index (Phi) is 5.63. The van der Waals surface area contributed by atoms with Crippen LogP contribution in [-0.2, 0) is 0 Å². The fraction of sp³-hybridized carbons (Fsp3) is 0.385. The molecule has 0 bridgehead atoms. The van der Waals surface area contributed by atoms with Crippen molar-refractivity contribution in [1.29, 1.82) is 0 Å². The average molecular weight is 310 g/mol. The Balaban J connectivity index is 2.02. The second-order valence-electron chi connectivity index (χ2n) is 4.11. The summed E-state index contributed by atoms with van der Waals surface area (Å²) >= 11 is 3.07. The molecule has 20 heavy (non-hydrogen) atoms. The van der Waals surface area contributed by atoms with Crippen molar-refractivity contribution in [3.63, 3.8) is 0 Å². The summed E-state index contributed by atoms with van der Waals surface area (Å²) < 4.78 is 0. The topological polar surface area (TPSA) is 70.1 Å². The summed E-state index contributed by atoms with van der Waals surface area (Å²) in [6.07, 6.45) is 1.41. The zero-order chi connectivity index (χ0) is 14.4. The largest absolute Gasteiger partial charge is 0.387 e. The second-order valence-corrected chi connectivity index (χ2v) is 5.66. The molecule has 3 N–H and O–H groups in total. The maximum atomic E-state index is 10.0. The number of nitrogens with one attached hydrogen (secondary N) is 2. The smallest absolute Gasteiger partial charge is 0.191 e. The zero-order valence-corrected chi connectivity index (χ0v) is 13.1. The van der Waals surface area contributed by atoms with E-state index in [2.05, 4.69) is 20.6 Å². The molecule has 0 aromatic carbocycles. The molecule has 7 heteroatoms. The Morgan fingerprint density at radius 2 is 2.10 bits per heavy atom. The first kappa shape index (κ1) is 15.1. The number of thioether (sulfide) groups is 1. The number of aromatic nitrogens is 2. The van der Waals surface area contributed by atoms with E-state index < -0.39 is 6.10 Å². The van der Waals surface area contributed by atoms with Crippen molar-refractivity contribution in [3.8, 4) is 0 Å². The summed E-state index contributed by atoms with van der Waals surface area (Å²) in [5, 5.41) is 21.0. The van der Waals surface area contributed by atoms with E-state index in [1.54, 1.807) is 11.3 Å². The van der Waals surface area contributed by atoms with Crippen LogP contribution in [0.5, 0.6) is 0 Å². The highest BCUT2D eigenvalue weighted by Crippen LogP contribution is 2.20. The third-order valence-electron chi connectivity index (χ3n) is 2.65. The molecule has 0 aliphatic rings. The summed E-state index contributed by atoms with van der Waals surface area (Å²) in [5.74, 6) is 1.51. The van der Waals surface area contributed by atoms with Gasteiger partial charge in [0.1, 0.15) is 11.6 Å². The Hall–Kier alpha value is -1.31. The van der Waals surface area contributed by atoms with E-state index >= 15 is 0 Å². The van der Waals surface area contributed by atoms with Gasteiger partial charge < -0.3 is 15.7 Å². The van der Waals surface area contributed by atoms with Crippen LogP contribution in [0.2, 0.25) is 0 Å². The molecule has 1 unspecified atom stereocenters. The first-order valence-corrected chi connectivity index (χ1v) is 8.50. The van der Waals surface area contributed by atoms with Crippen LogP contribution >= 0.6 is 23.1 Å². The number of thiophene rings is 1. The number of aliphatic hydroxyl groups excluding tert-OH is 1. The number of aliphatic hydroxyl groups is 1. The molecule has 2 aromatic rings. The number of nitrogens with zero attached hydrogens (tertiary/aromatic N) is 2. The molecule has 0 aliphatic heterocycles. The molecule has 0 amide bonds. The lowest BCUT2D eigenvalue weighted by Crippen LogP contribution is -2.13. The molecular weight excluding hydrogens is 292 g/mol. The molecule has 108 valence electrons. The Labute approximate surface area is 126 Å². The van der Waals surface area contributed by atoms with Gasteiger partial charge in [-0.15, -0.1) is 0 Å². The lowest BCUT2D eigenvalue weighted by atomic mass is 10.2. The van der Waals surface area contributed by atoms with Crippen LogP contribution in [0, 0.1) is 0 Å². The van der Waals surface area contributed by atoms with Gasteiger partial charge in [0.05, 0.1) is 6.10 Å². The predicted molar refractivity (Wildman–Crippen MR) is 85.7 cm³/mol. The maximum absolute atomic E-state index is 10.0. The minimum atomic E-state index is -0.531. The Morgan fingerprint density at radius 3 is 2.70 bits per heavy atom. The standard InChI is InChI=1S/C13H18N4OS2/c1-3-14-11-6-12(17-13(16-11)19-2)15-7-10(18)9-4-5-20-8-9/h4-6,8,10,18H,3,7H2,1-2H3,(H2,14,15,16,17). The molecule has 0 aliphatic carbocycles. The molecule has 0 saturated heterocycles. The van der Waals surface area contributed by atoms with Crippen molar-refractivity contribution in [2.24, 2.45) is 0 Å². The van der Waals surface area contributed by atoms with E-state index in [9.17, 15) is 5.11 Å². The monoisotopic (exact) mass is 310 g/mol. The zero-order valence-electron chi connectivity index (χ0n) is 11.5. The lowest BCUT2D eigenvalue weighted by molar-refractivity contribution is 0.192. The minimum absolute atomic E-state index is 0.424. The van der Waals surface area contributed by atoms with Gasteiger partial charge in [0.2, 0.25) is 0 Å². The van der Waals surface area contributed by atoms with Crippen LogP contribution in [0.1, 0.15) is 18.6 Å². The fourth-order valence-corrected chi connectivity index (χ4v) is 2.75. The van der Waals surface area contributed by atoms with E-state index in [0.29, 0.717) is 11.7 Å². The van der Waals surface area contributed by atoms with Gasteiger partial charge >= 0.3 is 0 Å². The maximum Gasteiger partial charge on any atom is 0.191 e. The van der Waals surface area contributed by atoms with E-state index in [4.69, 9.17) is 0 Å². The van der Waals surface area contributed by atoms with E-state index in [1.807, 2.05) is 36.1 Å². The fourth-order valence-electron chi connectivity index (χ4n) is 1.66. The highest BCUT2D eigenvalue weighted by Gasteiger charge is 2.09. The minimum Gasteiger partial charge on any atom is -0.387 e. The summed E-state index contributed by atoms with van der Waals surface area (Å²) in [5.41, 5.74) is 0.925. The van der Waals surface area contributed by atoms with Crippen LogP contribution in [-0.4, -0.2) is 34.4 Å². The number of hydrogen-bond donors (Lipinski definition) is 3. The van der Waals surface area contributed by atoms with Gasteiger partial charge in [-0.05, 0) is 35.6 Å². The third-order valence-corrected chi connectivity index (χ3v) is 3.90. The lowest BCUT2D eigenvalue weighted by Gasteiger charge is -2.12. The molecule has 5 nitrogen and oxygen atoms in total. The quantitative estimate of drug-likeness (QED) is 0.540. The molecule has 2 heterocycles. The summed E-state index contributed by atoms with van der Waals surface area (Å²) in [7, 11) is 0. The van der Waals surface area contributed by atoms with Crippen LogP contribution in [0.15, 0.2) is 28.0 Å². The second kappa shape index (κ2) is 7.47. The molecule has 0 spiro atoms. The van der Waals surface area contributed by atoms with Gasteiger partial charge in [0, 0.05) is 19.2 Å². The number of rotatable bonds is 7. The van der Waals surface area contributed by atoms with E-state index in [-0.39, 0.29) is 0 Å². The van der Waals surface area contributed by atoms with Crippen molar-refractivity contribution in [1.82, 2.24) is 9.97 Å². The highest BCUT2D eigenvalue weighted by atomic mass is 32.2. The first-order valence-electron chi connectivity index (χ1n) is 6.34. The molecule has 0 saturated carbocycles. The number of anilines is 2. The summed E-state index contributed by atoms with van der Waals surface area (Å²) in [6, 6.07) is 3.78. The SMILES string of the molecule is CCNc1cc(NCC(O)c2ccsc2)nc(SC)n1. The van der Waals surface area contributed by atoms with Crippen LogP contribution < -0.4 is 10.6 Å². The van der Waals surface area contributed by atoms with E-state index in [1.165, 1.54) is 11.8 Å². The first-order chi connectivity index (χ1) is 9.72. The molecule has 1 atom stereocenters. The van der Waals surface area contributed by atoms with E-state index in [0.717, 1.165) is 23.7 Å². The van der Waals surface area contributed by atoms with Gasteiger partial charge in [0.15, 0.2) is 5.16 Å². The van der Waals surface area contributed by atoms with Gasteiger partial charge in [-0.25, -0.2) is 9.97 Å². The molecule has 2 aromatic heterocycles. The average Bonchev–Trinajstić information content (AvgIpc) is 2.99. The molecule has 0 fully saturated rings. The van der Waals surface area contributed by atoms with Crippen molar-refractivity contribution in [3.05, 3.63) is 28.5 Å². The van der Waals surface area contributed by atoms with Crippen molar-refractivity contribution >= 4 is 34.7 Å². The predicted octanol–water partition coefficient (Wildman–Crippen LogP) is 2.84. The molecule has 2 rings (SSSR count). The van der Waals surface area contributed by atoms with Gasteiger partial charge in [0.25, 0.3) is 0 Å². The van der Waals surface area contributed by atoms with Crippen LogP contribution in [0.3, 0.4) is 0 Å². The Morgan fingerprint density at radius 1 is 1.35 bits per heavy atom. The summed E-state index contributed by atoms with van der Waals surface area (Å²) in [4.78, 5) is 8.74. The Bertz CT molecular complexity index is 533. The van der Waals surface area contributed by atoms with Crippen LogP contribution in [0.4, 0.5) is 11.6 Å². The van der Waals surface area contributed by atoms with Gasteiger partial charge in [-0.1, -0.05) is 11.8 Å². The normalized spacial score (nSPS) is 12.2. The van der Waals surface area contributed by atoms with Gasteiger partial charge in [-0.2, -0.15) is 11.3 Å². The van der Waals surface area contributed by atoms with Crippen molar-refractivity contribution in [2.45, 2.75) is 18.2 Å².